The molecule has 1 aliphatic heterocycles. The van der Waals surface area contributed by atoms with Crippen LogP contribution in [0.15, 0.2) is 30.4 Å². The number of halogens is 7. The number of imide groups is 1. The SMILES string of the molecule is CN(Cc1ccc(I)c(C(O)(C(F)(F)F)C(F)(F)F)c1)C(=O)CCN1C(=O)C=CC1=O. The van der Waals surface area contributed by atoms with Crippen molar-refractivity contribution in [2.45, 2.75) is 30.9 Å². The molecule has 13 heteroatoms. The highest BCUT2D eigenvalue weighted by atomic mass is 127. The molecule has 0 unspecified atom stereocenters. The smallest absolute Gasteiger partial charge is 0.369 e. The number of amides is 3. The molecule has 0 aliphatic carbocycles. The lowest BCUT2D eigenvalue weighted by atomic mass is 9.91. The third kappa shape index (κ3) is 5.02. The Morgan fingerprint density at radius 1 is 1.06 bits per heavy atom. The summed E-state index contributed by atoms with van der Waals surface area (Å²) in [5, 5.41) is 9.65. The van der Waals surface area contributed by atoms with E-state index in [2.05, 4.69) is 0 Å². The minimum atomic E-state index is -6.03. The van der Waals surface area contributed by atoms with Gasteiger partial charge in [0.15, 0.2) is 0 Å². The Kier molecular flexibility index (Phi) is 7.10. The fourth-order valence-electron chi connectivity index (χ4n) is 2.83. The number of hydrogen-bond acceptors (Lipinski definition) is 4. The van der Waals surface area contributed by atoms with Crippen molar-refractivity contribution in [3.63, 3.8) is 0 Å². The Labute approximate surface area is 185 Å². The number of nitrogens with zero attached hydrogens (tertiary/aromatic N) is 2. The van der Waals surface area contributed by atoms with Crippen LogP contribution in [-0.4, -0.2) is 58.6 Å². The Balaban J connectivity index is 2.20. The minimum absolute atomic E-state index is 0.0896. The third-order valence-electron chi connectivity index (χ3n) is 4.54. The summed E-state index contributed by atoms with van der Waals surface area (Å²) in [5.41, 5.74) is -6.57. The summed E-state index contributed by atoms with van der Waals surface area (Å²) in [6, 6.07) is 2.74. The van der Waals surface area contributed by atoms with Crippen molar-refractivity contribution in [1.29, 1.82) is 0 Å². The molecule has 170 valence electrons. The van der Waals surface area contributed by atoms with Crippen LogP contribution < -0.4 is 0 Å². The summed E-state index contributed by atoms with van der Waals surface area (Å²) in [6.07, 6.45) is -10.3. The average Bonchev–Trinajstić information content (AvgIpc) is 2.96. The Hall–Kier alpha value is -2.16. The van der Waals surface area contributed by atoms with E-state index in [1.165, 1.54) is 35.7 Å². The maximum Gasteiger partial charge on any atom is 0.430 e. The van der Waals surface area contributed by atoms with Crippen LogP contribution in [0.2, 0.25) is 0 Å². The molecule has 1 aromatic rings. The van der Waals surface area contributed by atoms with Gasteiger partial charge in [-0.1, -0.05) is 6.07 Å². The zero-order valence-corrected chi connectivity index (χ0v) is 17.9. The first-order valence-electron chi connectivity index (χ1n) is 8.52. The molecule has 1 aliphatic rings. The van der Waals surface area contributed by atoms with Gasteiger partial charge in [-0.05, 0) is 40.3 Å². The summed E-state index contributed by atoms with van der Waals surface area (Å²) >= 11 is 1.25. The Bertz CT molecular complexity index is 897. The van der Waals surface area contributed by atoms with Gasteiger partial charge in [-0.15, -0.1) is 0 Å². The third-order valence-corrected chi connectivity index (χ3v) is 5.48. The van der Waals surface area contributed by atoms with Crippen LogP contribution in [-0.2, 0) is 26.5 Å². The van der Waals surface area contributed by atoms with E-state index < -0.39 is 44.8 Å². The van der Waals surface area contributed by atoms with E-state index in [0.29, 0.717) is 6.07 Å². The second-order valence-corrected chi connectivity index (χ2v) is 7.84. The molecular formula is C18H15F6IN2O4. The van der Waals surface area contributed by atoms with Crippen molar-refractivity contribution in [1.82, 2.24) is 9.80 Å². The van der Waals surface area contributed by atoms with E-state index in [-0.39, 0.29) is 25.1 Å². The van der Waals surface area contributed by atoms with Gasteiger partial charge in [0.05, 0.1) is 0 Å². The van der Waals surface area contributed by atoms with Gasteiger partial charge in [-0.3, -0.25) is 19.3 Å². The first kappa shape index (κ1) is 25.1. The molecular weight excluding hydrogens is 549 g/mol. The standard InChI is InChI=1S/C18H15F6IN2O4/c1-26(13(28)6-7-27-14(29)4-5-15(27)30)9-10-2-3-12(25)11(8-10)16(31,17(19,20)21)18(22,23)24/h2-5,8,31H,6-7,9H2,1H3. The molecule has 0 spiro atoms. The fraction of sp³-hybridized carbons (Fsp3) is 0.389. The zero-order chi connectivity index (χ0) is 23.8. The minimum Gasteiger partial charge on any atom is -0.369 e. The first-order valence-corrected chi connectivity index (χ1v) is 9.59. The van der Waals surface area contributed by atoms with Gasteiger partial charge < -0.3 is 10.0 Å². The Morgan fingerprint density at radius 2 is 1.58 bits per heavy atom. The maximum absolute atomic E-state index is 13.2. The van der Waals surface area contributed by atoms with Crippen LogP contribution in [0.5, 0.6) is 0 Å². The van der Waals surface area contributed by atoms with Crippen LogP contribution in [0.4, 0.5) is 26.3 Å². The molecule has 1 heterocycles. The van der Waals surface area contributed by atoms with E-state index in [4.69, 9.17) is 0 Å². The lowest BCUT2D eigenvalue weighted by molar-refractivity contribution is -0.376. The van der Waals surface area contributed by atoms with Crippen molar-refractivity contribution >= 4 is 40.3 Å². The maximum atomic E-state index is 13.2. The number of benzene rings is 1. The number of carbonyl (C=O) groups is 3. The first-order chi connectivity index (χ1) is 14.1. The highest BCUT2D eigenvalue weighted by Gasteiger charge is 2.72. The van der Waals surface area contributed by atoms with E-state index >= 15 is 0 Å². The summed E-state index contributed by atoms with van der Waals surface area (Å²) in [7, 11) is 1.26. The highest BCUT2D eigenvalue weighted by molar-refractivity contribution is 14.1. The molecule has 1 N–H and O–H groups in total. The molecule has 3 amide bonds. The fourth-order valence-corrected chi connectivity index (χ4v) is 3.55. The van der Waals surface area contributed by atoms with Crippen LogP contribution in [0.3, 0.4) is 0 Å². The molecule has 0 bridgehead atoms. The van der Waals surface area contributed by atoms with Crippen molar-refractivity contribution in [2.75, 3.05) is 13.6 Å². The van der Waals surface area contributed by atoms with E-state index in [0.717, 1.165) is 28.0 Å². The zero-order valence-electron chi connectivity index (χ0n) is 15.7. The Morgan fingerprint density at radius 3 is 2.06 bits per heavy atom. The average molecular weight is 564 g/mol. The molecule has 2 rings (SSSR count). The summed E-state index contributed by atoms with van der Waals surface area (Å²) in [5.74, 6) is -1.79. The molecule has 0 saturated carbocycles. The molecule has 1 aromatic carbocycles. The van der Waals surface area contributed by atoms with Gasteiger partial charge in [-0.25, -0.2) is 0 Å². The van der Waals surface area contributed by atoms with Gasteiger partial charge in [0, 0.05) is 47.8 Å². The lowest BCUT2D eigenvalue weighted by Gasteiger charge is -2.33. The predicted octanol–water partition coefficient (Wildman–Crippen LogP) is 2.88. The molecule has 0 fully saturated rings. The number of rotatable bonds is 6. The number of carbonyl (C=O) groups excluding carboxylic acids is 3. The molecule has 6 nitrogen and oxygen atoms in total. The second-order valence-electron chi connectivity index (χ2n) is 6.68. The summed E-state index contributed by atoms with van der Waals surface area (Å²) < 4.78 is 78.7. The summed E-state index contributed by atoms with van der Waals surface area (Å²) in [6.45, 7) is -0.595. The van der Waals surface area contributed by atoms with Gasteiger partial charge in [0.1, 0.15) is 0 Å². The molecule has 0 atom stereocenters. The van der Waals surface area contributed by atoms with Gasteiger partial charge >= 0.3 is 12.4 Å². The quantitative estimate of drug-likeness (QED) is 0.328. The molecule has 0 saturated heterocycles. The topological polar surface area (TPSA) is 77.9 Å². The van der Waals surface area contributed by atoms with Crippen LogP contribution >= 0.6 is 22.6 Å². The van der Waals surface area contributed by atoms with Crippen LogP contribution in [0.1, 0.15) is 17.5 Å². The normalized spacial score (nSPS) is 15.1. The van der Waals surface area contributed by atoms with E-state index in [9.17, 15) is 45.8 Å². The largest absolute Gasteiger partial charge is 0.430 e. The van der Waals surface area contributed by atoms with E-state index in [1.807, 2.05) is 0 Å². The number of alkyl halides is 6. The van der Waals surface area contributed by atoms with Crippen molar-refractivity contribution in [3.05, 3.63) is 45.0 Å². The highest BCUT2D eigenvalue weighted by Crippen LogP contribution is 2.51. The van der Waals surface area contributed by atoms with Crippen molar-refractivity contribution in [3.8, 4) is 0 Å². The van der Waals surface area contributed by atoms with Crippen LogP contribution in [0, 0.1) is 3.57 Å². The van der Waals surface area contributed by atoms with Crippen molar-refractivity contribution < 1.29 is 45.8 Å². The van der Waals surface area contributed by atoms with E-state index in [1.54, 1.807) is 0 Å². The second kappa shape index (κ2) is 8.76. The molecule has 31 heavy (non-hydrogen) atoms. The lowest BCUT2D eigenvalue weighted by Crippen LogP contribution is -2.54. The van der Waals surface area contributed by atoms with Gasteiger partial charge in [0.2, 0.25) is 5.91 Å². The van der Waals surface area contributed by atoms with Gasteiger partial charge in [0.25, 0.3) is 17.4 Å². The number of aliphatic hydroxyl groups is 1. The predicted molar refractivity (Wildman–Crippen MR) is 102 cm³/mol. The van der Waals surface area contributed by atoms with Gasteiger partial charge in [-0.2, -0.15) is 26.3 Å². The molecule has 0 aromatic heterocycles. The molecule has 0 radical (unpaired) electrons. The van der Waals surface area contributed by atoms with Crippen LogP contribution in [0.25, 0.3) is 0 Å². The summed E-state index contributed by atoms with van der Waals surface area (Å²) in [4.78, 5) is 37.0. The van der Waals surface area contributed by atoms with Crippen molar-refractivity contribution in [2.24, 2.45) is 0 Å². The monoisotopic (exact) mass is 564 g/mol. The number of hydrogen-bond donors (Lipinski definition) is 1.